The average molecular weight is 251 g/mol. The highest BCUT2D eigenvalue weighted by atomic mass is 19.4. The van der Waals surface area contributed by atoms with E-state index in [4.69, 9.17) is 5.73 Å². The largest absolute Gasteiger partial charge is 0.419 e. The molecule has 0 saturated carbocycles. The molecule has 1 aromatic rings. The lowest BCUT2D eigenvalue weighted by molar-refractivity contribution is -0.137. The topological polar surface area (TPSA) is 64.1 Å². The van der Waals surface area contributed by atoms with E-state index in [1.54, 1.807) is 6.92 Å². The summed E-state index contributed by atoms with van der Waals surface area (Å²) in [6.07, 6.45) is -1.67. The third kappa shape index (κ3) is 4.35. The Labute approximate surface area is 97.2 Å². The molecule has 0 aromatic carbocycles. The van der Waals surface area contributed by atoms with Gasteiger partial charge in [0, 0.05) is 19.3 Å². The van der Waals surface area contributed by atoms with Crippen molar-refractivity contribution in [3.8, 4) is 0 Å². The molecule has 0 aliphatic heterocycles. The van der Waals surface area contributed by atoms with Gasteiger partial charge in [-0.15, -0.1) is 0 Å². The van der Waals surface area contributed by atoms with Gasteiger partial charge in [0.1, 0.15) is 0 Å². The second kappa shape index (κ2) is 5.05. The van der Waals surface area contributed by atoms with Crippen LogP contribution in [0.5, 0.6) is 0 Å². The van der Waals surface area contributed by atoms with E-state index in [1.165, 1.54) is 4.68 Å². The van der Waals surface area contributed by atoms with Crippen LogP contribution >= 0.6 is 0 Å². The molecule has 1 aromatic heterocycles. The molecule has 98 valence electrons. The number of halogens is 3. The van der Waals surface area contributed by atoms with Crippen LogP contribution in [0.4, 0.5) is 13.2 Å². The van der Waals surface area contributed by atoms with Gasteiger partial charge in [0.05, 0.1) is 17.4 Å². The van der Waals surface area contributed by atoms with Crippen LogP contribution in [0.3, 0.4) is 0 Å². The fraction of sp³-hybridized carbons (Fsp3) is 0.700. The highest BCUT2D eigenvalue weighted by Crippen LogP contribution is 2.28. The maximum atomic E-state index is 12.3. The van der Waals surface area contributed by atoms with E-state index in [-0.39, 0.29) is 6.54 Å². The zero-order valence-electron chi connectivity index (χ0n) is 9.54. The quantitative estimate of drug-likeness (QED) is 0.831. The second-order valence-electron chi connectivity index (χ2n) is 4.29. The molecule has 1 unspecified atom stereocenters. The maximum Gasteiger partial charge on any atom is 0.419 e. The summed E-state index contributed by atoms with van der Waals surface area (Å²) in [5.74, 6) is 0. The minimum atomic E-state index is -4.36. The van der Waals surface area contributed by atoms with Gasteiger partial charge in [0.15, 0.2) is 0 Å². The molecule has 1 heterocycles. The average Bonchev–Trinajstić information content (AvgIpc) is 2.66. The zero-order chi connectivity index (χ0) is 13.1. The number of nitrogens with zero attached hydrogens (tertiary/aromatic N) is 2. The van der Waals surface area contributed by atoms with Crippen molar-refractivity contribution in [3.05, 3.63) is 18.0 Å². The Morgan fingerprint density at radius 3 is 2.59 bits per heavy atom. The molecule has 17 heavy (non-hydrogen) atoms. The van der Waals surface area contributed by atoms with Crippen LogP contribution in [-0.2, 0) is 12.7 Å². The first-order valence-corrected chi connectivity index (χ1v) is 5.27. The molecule has 0 fully saturated rings. The van der Waals surface area contributed by atoms with E-state index < -0.39 is 17.3 Å². The summed E-state index contributed by atoms with van der Waals surface area (Å²) in [5, 5.41) is 13.2. The lowest BCUT2D eigenvalue weighted by Gasteiger charge is -2.20. The van der Waals surface area contributed by atoms with Crippen LogP contribution in [-0.4, -0.2) is 27.0 Å². The minimum absolute atomic E-state index is 0.125. The first-order valence-electron chi connectivity index (χ1n) is 5.27. The third-order valence-corrected chi connectivity index (χ3v) is 2.50. The monoisotopic (exact) mass is 251 g/mol. The Balaban J connectivity index is 2.46. The van der Waals surface area contributed by atoms with Crippen molar-refractivity contribution in [1.82, 2.24) is 9.78 Å². The summed E-state index contributed by atoms with van der Waals surface area (Å²) in [6, 6.07) is 0. The molecule has 0 radical (unpaired) electrons. The highest BCUT2D eigenvalue weighted by Gasteiger charge is 2.32. The summed E-state index contributed by atoms with van der Waals surface area (Å²) in [6.45, 7) is 2.05. The van der Waals surface area contributed by atoms with E-state index in [9.17, 15) is 18.3 Å². The highest BCUT2D eigenvalue weighted by molar-refractivity contribution is 5.08. The lowest BCUT2D eigenvalue weighted by atomic mass is 10.0. The van der Waals surface area contributed by atoms with Gasteiger partial charge in [0.25, 0.3) is 0 Å². The van der Waals surface area contributed by atoms with Gasteiger partial charge in [-0.3, -0.25) is 4.68 Å². The van der Waals surface area contributed by atoms with Crippen LogP contribution in [0.25, 0.3) is 0 Å². The van der Waals surface area contributed by atoms with E-state index in [0.29, 0.717) is 19.4 Å². The van der Waals surface area contributed by atoms with Gasteiger partial charge in [0.2, 0.25) is 0 Å². The van der Waals surface area contributed by atoms with E-state index in [1.807, 2.05) is 0 Å². The maximum absolute atomic E-state index is 12.3. The minimum Gasteiger partial charge on any atom is -0.389 e. The van der Waals surface area contributed by atoms with E-state index >= 15 is 0 Å². The first kappa shape index (κ1) is 14.0. The summed E-state index contributed by atoms with van der Waals surface area (Å²) < 4.78 is 38.0. The van der Waals surface area contributed by atoms with Crippen molar-refractivity contribution in [3.63, 3.8) is 0 Å². The fourth-order valence-electron chi connectivity index (χ4n) is 1.36. The molecule has 1 atom stereocenters. The molecule has 0 amide bonds. The molecule has 1 rings (SSSR count). The van der Waals surface area contributed by atoms with Gasteiger partial charge < -0.3 is 10.8 Å². The Morgan fingerprint density at radius 2 is 2.12 bits per heavy atom. The first-order chi connectivity index (χ1) is 7.74. The second-order valence-corrected chi connectivity index (χ2v) is 4.29. The van der Waals surface area contributed by atoms with E-state index in [0.717, 1.165) is 12.4 Å². The van der Waals surface area contributed by atoms with Gasteiger partial charge in [-0.05, 0) is 19.8 Å². The fourth-order valence-corrected chi connectivity index (χ4v) is 1.36. The molecule has 0 aliphatic rings. The number of alkyl halides is 3. The number of aryl methyl sites for hydroxylation is 1. The summed E-state index contributed by atoms with van der Waals surface area (Å²) in [5.41, 5.74) is 3.59. The molecule has 0 aliphatic carbocycles. The standard InChI is InChI=1S/C10H16F3N3O/c1-9(17,7-14)3-2-4-16-6-8(5-15-16)10(11,12)13/h5-6,17H,2-4,7,14H2,1H3. The smallest absolute Gasteiger partial charge is 0.389 e. The molecular weight excluding hydrogens is 235 g/mol. The summed E-state index contributed by atoms with van der Waals surface area (Å²) in [4.78, 5) is 0. The molecule has 0 saturated heterocycles. The lowest BCUT2D eigenvalue weighted by Crippen LogP contribution is -2.34. The predicted molar refractivity (Wildman–Crippen MR) is 56.1 cm³/mol. The molecular formula is C10H16F3N3O. The molecule has 4 nitrogen and oxygen atoms in total. The van der Waals surface area contributed by atoms with Gasteiger partial charge in [-0.2, -0.15) is 18.3 Å². The van der Waals surface area contributed by atoms with Crippen molar-refractivity contribution in [2.75, 3.05) is 6.54 Å². The number of hydrogen-bond donors (Lipinski definition) is 2. The Kier molecular flexibility index (Phi) is 4.16. The molecule has 7 heteroatoms. The molecule has 0 bridgehead atoms. The third-order valence-electron chi connectivity index (χ3n) is 2.50. The molecule has 0 spiro atoms. The van der Waals surface area contributed by atoms with Crippen LogP contribution in [0.1, 0.15) is 25.3 Å². The van der Waals surface area contributed by atoms with Gasteiger partial charge in [-0.1, -0.05) is 0 Å². The van der Waals surface area contributed by atoms with Gasteiger partial charge >= 0.3 is 6.18 Å². The van der Waals surface area contributed by atoms with Crippen LogP contribution in [0, 0.1) is 0 Å². The van der Waals surface area contributed by atoms with Gasteiger partial charge in [-0.25, -0.2) is 0 Å². The summed E-state index contributed by atoms with van der Waals surface area (Å²) >= 11 is 0. The SMILES string of the molecule is CC(O)(CN)CCCn1cc(C(F)(F)F)cn1. The van der Waals surface area contributed by atoms with Crippen molar-refractivity contribution in [2.24, 2.45) is 5.73 Å². The number of aliphatic hydroxyl groups is 1. The number of hydrogen-bond acceptors (Lipinski definition) is 3. The number of aromatic nitrogens is 2. The van der Waals surface area contributed by atoms with Crippen molar-refractivity contribution >= 4 is 0 Å². The summed E-state index contributed by atoms with van der Waals surface area (Å²) in [7, 11) is 0. The Hall–Kier alpha value is -1.08. The zero-order valence-corrected chi connectivity index (χ0v) is 9.54. The number of nitrogens with two attached hydrogens (primary N) is 1. The van der Waals surface area contributed by atoms with Crippen LogP contribution in [0.2, 0.25) is 0 Å². The van der Waals surface area contributed by atoms with Crippen molar-refractivity contribution in [2.45, 2.75) is 38.1 Å². The molecule has 3 N–H and O–H groups in total. The Bertz CT molecular complexity index is 360. The number of rotatable bonds is 5. The van der Waals surface area contributed by atoms with Crippen molar-refractivity contribution < 1.29 is 18.3 Å². The Morgan fingerprint density at radius 1 is 1.47 bits per heavy atom. The van der Waals surface area contributed by atoms with Crippen LogP contribution < -0.4 is 5.73 Å². The van der Waals surface area contributed by atoms with Crippen molar-refractivity contribution in [1.29, 1.82) is 0 Å². The normalized spacial score (nSPS) is 15.9. The van der Waals surface area contributed by atoms with Crippen LogP contribution in [0.15, 0.2) is 12.4 Å². The van der Waals surface area contributed by atoms with E-state index in [2.05, 4.69) is 5.10 Å². The predicted octanol–water partition coefficient (Wildman–Crippen LogP) is 1.39.